The van der Waals surface area contributed by atoms with Gasteiger partial charge in [-0.3, -0.25) is 14.3 Å². The summed E-state index contributed by atoms with van der Waals surface area (Å²) in [6.45, 7) is 3.81. The zero-order chi connectivity index (χ0) is 26.0. The minimum Gasteiger partial charge on any atom is -0.339 e. The number of nitrogens with one attached hydrogen (secondary N) is 1. The summed E-state index contributed by atoms with van der Waals surface area (Å²) in [5.41, 5.74) is -0.802. The highest BCUT2D eigenvalue weighted by atomic mass is 19.4. The van der Waals surface area contributed by atoms with Crippen molar-refractivity contribution in [2.45, 2.75) is 44.1 Å². The number of nitrogens with zero attached hydrogens (tertiary/aromatic N) is 1. The Morgan fingerprint density at radius 3 is 1.64 bits per heavy atom. The molecule has 1 unspecified atom stereocenters. The Morgan fingerprint density at radius 2 is 1.27 bits per heavy atom. The fourth-order valence-corrected chi connectivity index (χ4v) is 2.24. The molecule has 0 bridgehead atoms. The lowest BCUT2D eigenvalue weighted by atomic mass is 10.1. The van der Waals surface area contributed by atoms with Crippen molar-refractivity contribution in [2.75, 3.05) is 18.4 Å². The van der Waals surface area contributed by atoms with Crippen molar-refractivity contribution in [3.8, 4) is 0 Å². The van der Waals surface area contributed by atoms with E-state index < -0.39 is 47.7 Å². The van der Waals surface area contributed by atoms with Crippen LogP contribution in [0.15, 0.2) is 24.3 Å². The number of anilines is 1. The first kappa shape index (κ1) is 28.4. The lowest BCUT2D eigenvalue weighted by Crippen LogP contribution is -2.62. The van der Waals surface area contributed by atoms with Crippen LogP contribution in [0.4, 0.5) is 54.0 Å². The summed E-state index contributed by atoms with van der Waals surface area (Å²) in [4.78, 5) is 25.1. The van der Waals surface area contributed by atoms with Crippen LogP contribution in [0.2, 0.25) is 0 Å². The molecule has 0 saturated heterocycles. The SMILES string of the molecule is CCN(CC)C(=O)c1ccc(NC(=O)C(F)(OC(F)(F)C(F)(F)C(F)(F)F)C(F)(F)F)cc1. The number of carbonyl (C=O) groups excluding carboxylic acids is 2. The van der Waals surface area contributed by atoms with Gasteiger partial charge in [0.1, 0.15) is 0 Å². The number of hydrogen-bond donors (Lipinski definition) is 1. The molecule has 0 aliphatic rings. The summed E-state index contributed by atoms with van der Waals surface area (Å²) in [5, 5.41) is 1.08. The Kier molecular flexibility index (Phi) is 8.00. The number of hydrogen-bond acceptors (Lipinski definition) is 3. The normalized spacial score (nSPS) is 15.1. The van der Waals surface area contributed by atoms with Gasteiger partial charge in [0.2, 0.25) is 0 Å². The van der Waals surface area contributed by atoms with E-state index in [1.54, 1.807) is 13.8 Å². The first-order valence-corrected chi connectivity index (χ1v) is 8.74. The predicted octanol–water partition coefficient (Wildman–Crippen LogP) is 5.14. The molecule has 5 nitrogen and oxygen atoms in total. The molecule has 0 heterocycles. The van der Waals surface area contributed by atoms with Crippen molar-refractivity contribution in [3.05, 3.63) is 29.8 Å². The summed E-state index contributed by atoms with van der Waals surface area (Å²) < 4.78 is 144. The number of benzene rings is 1. The van der Waals surface area contributed by atoms with E-state index in [9.17, 15) is 57.9 Å². The number of amides is 2. The van der Waals surface area contributed by atoms with Gasteiger partial charge in [0, 0.05) is 24.3 Å². The summed E-state index contributed by atoms with van der Waals surface area (Å²) >= 11 is 0. The van der Waals surface area contributed by atoms with E-state index in [0.717, 1.165) is 29.6 Å². The molecule has 1 N–H and O–H groups in total. The highest BCUT2D eigenvalue weighted by molar-refractivity contribution is 5.98. The van der Waals surface area contributed by atoms with Crippen molar-refractivity contribution in [3.63, 3.8) is 0 Å². The Labute approximate surface area is 178 Å². The van der Waals surface area contributed by atoms with E-state index in [0.29, 0.717) is 0 Å². The van der Waals surface area contributed by atoms with E-state index in [-0.39, 0.29) is 18.7 Å². The fourth-order valence-electron chi connectivity index (χ4n) is 2.24. The van der Waals surface area contributed by atoms with Crippen molar-refractivity contribution < 1.29 is 62.6 Å². The molecule has 1 atom stereocenters. The Morgan fingerprint density at radius 1 is 0.818 bits per heavy atom. The summed E-state index contributed by atoms with van der Waals surface area (Å²) in [5.74, 6) is -17.3. The minimum atomic E-state index is -7.28. The van der Waals surface area contributed by atoms with Gasteiger partial charge in [-0.1, -0.05) is 0 Å². The zero-order valence-electron chi connectivity index (χ0n) is 16.6. The van der Waals surface area contributed by atoms with Crippen molar-refractivity contribution in [2.24, 2.45) is 0 Å². The minimum absolute atomic E-state index is 0.0494. The molecular weight excluding hydrogens is 489 g/mol. The van der Waals surface area contributed by atoms with Gasteiger partial charge in [-0.05, 0) is 38.1 Å². The van der Waals surface area contributed by atoms with E-state index in [1.807, 2.05) is 0 Å². The van der Waals surface area contributed by atoms with Crippen LogP contribution in [0, 0.1) is 0 Å². The average molecular weight is 504 g/mol. The monoisotopic (exact) mass is 504 g/mol. The van der Waals surface area contributed by atoms with Gasteiger partial charge in [-0.2, -0.15) is 48.3 Å². The number of halogens is 11. The number of alkyl halides is 11. The molecular formula is C17H15F11N2O3. The van der Waals surface area contributed by atoms with Crippen LogP contribution in [0.25, 0.3) is 0 Å². The van der Waals surface area contributed by atoms with Crippen LogP contribution in [-0.4, -0.2) is 60.0 Å². The topological polar surface area (TPSA) is 58.6 Å². The molecule has 0 aromatic heterocycles. The molecule has 1 aromatic rings. The molecule has 2 amide bonds. The molecule has 0 radical (unpaired) electrons. The third-order valence-corrected chi connectivity index (χ3v) is 4.09. The third kappa shape index (κ3) is 5.65. The maximum absolute atomic E-state index is 14.2. The van der Waals surface area contributed by atoms with Crippen LogP contribution in [0.1, 0.15) is 24.2 Å². The van der Waals surface area contributed by atoms with Gasteiger partial charge in [0.15, 0.2) is 0 Å². The van der Waals surface area contributed by atoms with Crippen LogP contribution in [0.5, 0.6) is 0 Å². The molecule has 0 aliphatic heterocycles. The number of rotatable bonds is 8. The highest BCUT2D eigenvalue weighted by Crippen LogP contribution is 2.51. The molecule has 33 heavy (non-hydrogen) atoms. The maximum Gasteiger partial charge on any atom is 0.462 e. The second-order valence-corrected chi connectivity index (χ2v) is 6.29. The van der Waals surface area contributed by atoms with E-state index in [1.165, 1.54) is 4.90 Å². The number of carbonyl (C=O) groups is 2. The zero-order valence-corrected chi connectivity index (χ0v) is 16.6. The third-order valence-electron chi connectivity index (χ3n) is 4.09. The predicted molar refractivity (Wildman–Crippen MR) is 89.3 cm³/mol. The van der Waals surface area contributed by atoms with Gasteiger partial charge in [-0.15, -0.1) is 0 Å². The molecule has 0 fully saturated rings. The Bertz CT molecular complexity index is 849. The van der Waals surface area contributed by atoms with Crippen molar-refractivity contribution in [1.82, 2.24) is 4.90 Å². The fraction of sp³-hybridized carbons (Fsp3) is 0.529. The summed E-state index contributed by atoms with van der Waals surface area (Å²) in [6.07, 6.45) is -21.1. The molecule has 0 saturated carbocycles. The average Bonchev–Trinajstić information content (AvgIpc) is 2.67. The van der Waals surface area contributed by atoms with Crippen LogP contribution in [0.3, 0.4) is 0 Å². The Balaban J connectivity index is 3.23. The number of ether oxygens (including phenoxy) is 1. The molecule has 0 aliphatic carbocycles. The van der Waals surface area contributed by atoms with Gasteiger partial charge in [-0.25, -0.2) is 0 Å². The lowest BCUT2D eigenvalue weighted by molar-refractivity contribution is -0.472. The van der Waals surface area contributed by atoms with Crippen molar-refractivity contribution in [1.29, 1.82) is 0 Å². The summed E-state index contributed by atoms with van der Waals surface area (Å²) in [7, 11) is 0. The van der Waals surface area contributed by atoms with Gasteiger partial charge in [0.05, 0.1) is 0 Å². The summed E-state index contributed by atoms with van der Waals surface area (Å²) in [6, 6.07) is 3.34. The largest absolute Gasteiger partial charge is 0.462 e. The highest BCUT2D eigenvalue weighted by Gasteiger charge is 2.79. The van der Waals surface area contributed by atoms with Crippen LogP contribution in [-0.2, 0) is 9.53 Å². The van der Waals surface area contributed by atoms with E-state index >= 15 is 0 Å². The first-order chi connectivity index (χ1) is 14.7. The molecule has 0 spiro atoms. The van der Waals surface area contributed by atoms with E-state index in [2.05, 4.69) is 4.74 Å². The van der Waals surface area contributed by atoms with Crippen LogP contribution >= 0.6 is 0 Å². The van der Waals surface area contributed by atoms with Crippen LogP contribution < -0.4 is 5.32 Å². The quantitative estimate of drug-likeness (QED) is 0.499. The van der Waals surface area contributed by atoms with Crippen molar-refractivity contribution >= 4 is 17.5 Å². The first-order valence-electron chi connectivity index (χ1n) is 8.74. The second-order valence-electron chi connectivity index (χ2n) is 6.29. The molecule has 16 heteroatoms. The van der Waals surface area contributed by atoms with E-state index in [4.69, 9.17) is 0 Å². The molecule has 188 valence electrons. The van der Waals surface area contributed by atoms with Gasteiger partial charge in [0.25, 0.3) is 11.8 Å². The second kappa shape index (κ2) is 9.30. The van der Waals surface area contributed by atoms with Gasteiger partial charge < -0.3 is 10.2 Å². The smallest absolute Gasteiger partial charge is 0.339 e. The van der Waals surface area contributed by atoms with Gasteiger partial charge >= 0.3 is 30.2 Å². The maximum atomic E-state index is 14.2. The molecule has 1 rings (SSSR count). The standard InChI is InChI=1S/C17H15F11N2O3/c1-3-30(4-2)11(31)9-5-7-10(8-6-9)29-12(32)13(18,15(21,22)23)33-17(27,28)14(19,20)16(24,25)26/h5-8H,3-4H2,1-2H3,(H,29,32). The lowest BCUT2D eigenvalue weighted by Gasteiger charge is -2.34. The molecule has 1 aromatic carbocycles. The Hall–Kier alpha value is -2.65.